The van der Waals surface area contributed by atoms with Crippen LogP contribution in [0.4, 0.5) is 8.78 Å². The van der Waals surface area contributed by atoms with Gasteiger partial charge >= 0.3 is 5.97 Å². The summed E-state index contributed by atoms with van der Waals surface area (Å²) in [6.07, 6.45) is 1.80. The number of carboxylic acid groups (broad SMARTS) is 1. The Bertz CT molecular complexity index is 428. The summed E-state index contributed by atoms with van der Waals surface area (Å²) in [6, 6.07) is 2.82. The smallest absolute Gasteiger partial charge is 0.371 e. The van der Waals surface area contributed by atoms with Gasteiger partial charge < -0.3 is 9.84 Å². The van der Waals surface area contributed by atoms with Gasteiger partial charge in [0, 0.05) is 6.07 Å². The van der Waals surface area contributed by atoms with Crippen LogP contribution >= 0.6 is 0 Å². The number of aliphatic carboxylic acids is 1. The Morgan fingerprint density at radius 3 is 2.39 bits per heavy atom. The first-order chi connectivity index (χ1) is 8.54. The number of halogens is 2. The van der Waals surface area contributed by atoms with E-state index in [4.69, 9.17) is 9.84 Å². The summed E-state index contributed by atoms with van der Waals surface area (Å²) < 4.78 is 30.3. The van der Waals surface area contributed by atoms with E-state index >= 15 is 0 Å². The number of benzene rings is 1. The third-order valence-electron chi connectivity index (χ3n) is 1.72. The number of carboxylic acids is 1. The second kappa shape index (κ2) is 8.22. The fourth-order valence-corrected chi connectivity index (χ4v) is 1.03. The van der Waals surface area contributed by atoms with Gasteiger partial charge in [-0.15, -0.1) is 0 Å². The fraction of sp³-hybridized carbons (Fsp3) is 0.308. The van der Waals surface area contributed by atoms with Crippen molar-refractivity contribution < 1.29 is 23.4 Å². The number of ether oxygens (including phenoxy) is 1. The van der Waals surface area contributed by atoms with E-state index in [1.165, 1.54) is 6.08 Å². The highest BCUT2D eigenvalue weighted by molar-refractivity contribution is 5.84. The summed E-state index contributed by atoms with van der Waals surface area (Å²) in [7, 11) is 0. The van der Waals surface area contributed by atoms with Crippen LogP contribution in [0.3, 0.4) is 0 Å². The van der Waals surface area contributed by atoms with Crippen molar-refractivity contribution in [2.45, 2.75) is 27.2 Å². The minimum absolute atomic E-state index is 0.0546. The lowest BCUT2D eigenvalue weighted by Gasteiger charge is -2.06. The molecule has 0 unspecified atom stereocenters. The lowest BCUT2D eigenvalue weighted by atomic mass is 10.3. The summed E-state index contributed by atoms with van der Waals surface area (Å²) >= 11 is 0. The third-order valence-corrected chi connectivity index (χ3v) is 1.72. The molecule has 0 saturated heterocycles. The van der Waals surface area contributed by atoms with Crippen LogP contribution in [0, 0.1) is 11.6 Å². The molecule has 0 radical (unpaired) electrons. The highest BCUT2D eigenvalue weighted by Crippen LogP contribution is 2.18. The lowest BCUT2D eigenvalue weighted by molar-refractivity contribution is -0.135. The van der Waals surface area contributed by atoms with Crippen molar-refractivity contribution in [3.05, 3.63) is 41.7 Å². The van der Waals surface area contributed by atoms with Crippen molar-refractivity contribution in [3.63, 3.8) is 0 Å². The predicted molar refractivity (Wildman–Crippen MR) is 64.3 cm³/mol. The molecule has 0 saturated carbocycles. The third kappa shape index (κ3) is 4.95. The van der Waals surface area contributed by atoms with Gasteiger partial charge in [-0.25, -0.2) is 13.6 Å². The van der Waals surface area contributed by atoms with E-state index in [0.717, 1.165) is 18.2 Å². The van der Waals surface area contributed by atoms with Crippen LogP contribution in [0.25, 0.3) is 0 Å². The van der Waals surface area contributed by atoms with Gasteiger partial charge in [0.05, 0.1) is 0 Å². The zero-order valence-corrected chi connectivity index (χ0v) is 10.5. The number of hydrogen-bond acceptors (Lipinski definition) is 2. The van der Waals surface area contributed by atoms with Gasteiger partial charge in [-0.1, -0.05) is 20.8 Å². The highest BCUT2D eigenvalue weighted by atomic mass is 19.2. The van der Waals surface area contributed by atoms with Gasteiger partial charge in [-0.05, 0) is 24.6 Å². The molecule has 3 nitrogen and oxygen atoms in total. The zero-order chi connectivity index (χ0) is 14.1. The van der Waals surface area contributed by atoms with E-state index < -0.39 is 17.6 Å². The van der Waals surface area contributed by atoms with Crippen LogP contribution < -0.4 is 4.74 Å². The van der Waals surface area contributed by atoms with Gasteiger partial charge in [-0.2, -0.15) is 0 Å². The molecule has 0 aliphatic heterocycles. The maximum Gasteiger partial charge on any atom is 0.371 e. The van der Waals surface area contributed by atoms with E-state index in [2.05, 4.69) is 0 Å². The van der Waals surface area contributed by atoms with Crippen LogP contribution in [-0.2, 0) is 4.79 Å². The van der Waals surface area contributed by atoms with Crippen molar-refractivity contribution >= 4 is 5.97 Å². The molecule has 1 aromatic rings. The van der Waals surface area contributed by atoms with Crippen molar-refractivity contribution in [2.75, 3.05) is 0 Å². The van der Waals surface area contributed by atoms with Gasteiger partial charge in [0.15, 0.2) is 11.6 Å². The SMILES string of the molecule is CC.CC/C=C(\Oc1ccc(F)c(F)c1)C(=O)O. The lowest BCUT2D eigenvalue weighted by Crippen LogP contribution is -2.07. The number of hydrogen-bond donors (Lipinski definition) is 1. The van der Waals surface area contributed by atoms with Crippen LogP contribution in [0.1, 0.15) is 27.2 Å². The van der Waals surface area contributed by atoms with Gasteiger partial charge in [-0.3, -0.25) is 0 Å². The van der Waals surface area contributed by atoms with Crippen LogP contribution in [0.15, 0.2) is 30.0 Å². The molecule has 0 aromatic heterocycles. The predicted octanol–water partition coefficient (Wildman–Crippen LogP) is 3.75. The standard InChI is InChI=1S/C11H10F2O3.C2H6/c1-2-3-10(11(14)15)16-7-4-5-8(12)9(13)6-7;1-2/h3-6H,2H2,1H3,(H,14,15);1-2H3/b10-3-;. The second-order valence-corrected chi connectivity index (χ2v) is 2.96. The first-order valence-electron chi connectivity index (χ1n) is 5.61. The Balaban J connectivity index is 0.00000137. The highest BCUT2D eigenvalue weighted by Gasteiger charge is 2.11. The van der Waals surface area contributed by atoms with E-state index in [1.807, 2.05) is 13.8 Å². The van der Waals surface area contributed by atoms with Crippen molar-refractivity contribution in [1.82, 2.24) is 0 Å². The Kier molecular flexibility index (Phi) is 7.35. The number of carbonyl (C=O) groups is 1. The number of rotatable bonds is 4. The monoisotopic (exact) mass is 258 g/mol. The molecule has 1 aromatic carbocycles. The normalized spacial score (nSPS) is 10.4. The minimum atomic E-state index is -1.26. The zero-order valence-electron chi connectivity index (χ0n) is 10.5. The molecule has 0 spiro atoms. The molecule has 0 aliphatic carbocycles. The molecule has 0 fully saturated rings. The summed E-state index contributed by atoms with van der Waals surface area (Å²) in [5.41, 5.74) is 0. The van der Waals surface area contributed by atoms with Crippen LogP contribution in [-0.4, -0.2) is 11.1 Å². The average molecular weight is 258 g/mol. The maximum atomic E-state index is 12.8. The second-order valence-electron chi connectivity index (χ2n) is 2.96. The fourth-order valence-electron chi connectivity index (χ4n) is 1.03. The first kappa shape index (κ1) is 16.1. The quantitative estimate of drug-likeness (QED) is 0.661. The molecule has 0 bridgehead atoms. The Morgan fingerprint density at radius 2 is 1.94 bits per heavy atom. The maximum absolute atomic E-state index is 12.8. The van der Waals surface area contributed by atoms with Crippen molar-refractivity contribution in [3.8, 4) is 5.75 Å². The van der Waals surface area contributed by atoms with Gasteiger partial charge in [0.1, 0.15) is 5.75 Å². The Labute approximate surface area is 105 Å². The molecule has 0 aliphatic rings. The molecule has 18 heavy (non-hydrogen) atoms. The molecule has 0 atom stereocenters. The van der Waals surface area contributed by atoms with E-state index in [-0.39, 0.29) is 11.5 Å². The molecular formula is C13H16F2O3. The molecule has 1 N–H and O–H groups in total. The largest absolute Gasteiger partial charge is 0.475 e. The summed E-state index contributed by atoms with van der Waals surface area (Å²) in [5, 5.41) is 8.73. The molecule has 1 rings (SSSR count). The first-order valence-corrected chi connectivity index (χ1v) is 5.61. The number of allylic oxidation sites excluding steroid dienone is 1. The molecule has 100 valence electrons. The molecular weight excluding hydrogens is 242 g/mol. The molecule has 0 amide bonds. The summed E-state index contributed by atoms with van der Waals surface area (Å²) in [4.78, 5) is 10.7. The van der Waals surface area contributed by atoms with Crippen LogP contribution in [0.2, 0.25) is 0 Å². The minimum Gasteiger partial charge on any atom is -0.475 e. The summed E-state index contributed by atoms with van der Waals surface area (Å²) in [6.45, 7) is 5.73. The Hall–Kier alpha value is -1.91. The van der Waals surface area contributed by atoms with Crippen LogP contribution in [0.5, 0.6) is 5.75 Å². The van der Waals surface area contributed by atoms with Gasteiger partial charge in [0.2, 0.25) is 5.76 Å². The van der Waals surface area contributed by atoms with Gasteiger partial charge in [0.25, 0.3) is 0 Å². The molecule has 0 heterocycles. The topological polar surface area (TPSA) is 46.5 Å². The van der Waals surface area contributed by atoms with Crippen molar-refractivity contribution in [2.24, 2.45) is 0 Å². The van der Waals surface area contributed by atoms with Crippen molar-refractivity contribution in [1.29, 1.82) is 0 Å². The van der Waals surface area contributed by atoms with E-state index in [1.54, 1.807) is 6.92 Å². The summed E-state index contributed by atoms with van der Waals surface area (Å²) in [5.74, 6) is -3.72. The average Bonchev–Trinajstić information content (AvgIpc) is 2.35. The van der Waals surface area contributed by atoms with E-state index in [0.29, 0.717) is 6.42 Å². The molecule has 5 heteroatoms. The Morgan fingerprint density at radius 1 is 1.33 bits per heavy atom. The van der Waals surface area contributed by atoms with E-state index in [9.17, 15) is 13.6 Å².